The van der Waals surface area contributed by atoms with E-state index in [2.05, 4.69) is 37.6 Å². The predicted octanol–water partition coefficient (Wildman–Crippen LogP) is 4.66. The number of rotatable bonds is 5. The maximum absolute atomic E-state index is 14.8. The molecule has 0 spiro atoms. The maximum atomic E-state index is 14.8. The van der Waals surface area contributed by atoms with Crippen LogP contribution in [0.25, 0.3) is 6.08 Å². The van der Waals surface area contributed by atoms with Gasteiger partial charge in [-0.2, -0.15) is 0 Å². The summed E-state index contributed by atoms with van der Waals surface area (Å²) in [5.41, 5.74) is 3.54. The highest BCUT2D eigenvalue weighted by Crippen LogP contribution is 2.36. The van der Waals surface area contributed by atoms with Crippen molar-refractivity contribution in [1.29, 1.82) is 0 Å². The van der Waals surface area contributed by atoms with Crippen LogP contribution in [0.15, 0.2) is 48.3 Å². The lowest BCUT2D eigenvalue weighted by Crippen LogP contribution is -2.43. The zero-order chi connectivity index (χ0) is 22.1. The van der Waals surface area contributed by atoms with Crippen molar-refractivity contribution in [3.05, 3.63) is 71.1 Å². The van der Waals surface area contributed by atoms with Crippen molar-refractivity contribution in [1.82, 2.24) is 15.3 Å². The lowest BCUT2D eigenvalue weighted by atomic mass is 10.1. The maximum Gasteiger partial charge on any atom is 0.224 e. The Labute approximate surface area is 185 Å². The lowest BCUT2D eigenvalue weighted by Gasteiger charge is -2.29. The highest BCUT2D eigenvalue weighted by atomic mass is 19.1. The number of hydrogen-bond acceptors (Lipinski definition) is 6. The number of hydrogen-bond donors (Lipinski definition) is 2. The number of halogens is 2. The van der Waals surface area contributed by atoms with E-state index in [0.29, 0.717) is 17.8 Å². The first kappa shape index (κ1) is 20.4. The Hall–Kier alpha value is -3.52. The topological polar surface area (TPSA) is 62.3 Å². The van der Waals surface area contributed by atoms with E-state index >= 15 is 0 Å². The van der Waals surface area contributed by atoms with Crippen molar-refractivity contribution >= 4 is 23.3 Å². The fraction of sp³-hybridized carbons (Fsp3) is 0.250. The summed E-state index contributed by atoms with van der Waals surface area (Å²) in [6.45, 7) is 5.77. The van der Waals surface area contributed by atoms with Gasteiger partial charge in [0.1, 0.15) is 18.0 Å². The van der Waals surface area contributed by atoms with Gasteiger partial charge in [0.05, 0.1) is 0 Å². The van der Waals surface area contributed by atoms with Gasteiger partial charge in [-0.05, 0) is 37.6 Å². The van der Waals surface area contributed by atoms with Crippen LogP contribution in [0, 0.1) is 11.6 Å². The molecule has 0 saturated carbocycles. The fourth-order valence-corrected chi connectivity index (χ4v) is 4.04. The number of piperazine rings is 1. The molecule has 8 heteroatoms. The molecule has 32 heavy (non-hydrogen) atoms. The Kier molecular flexibility index (Phi) is 5.45. The average molecular weight is 435 g/mol. The van der Waals surface area contributed by atoms with Crippen LogP contribution in [0.2, 0.25) is 0 Å². The molecule has 1 aromatic heterocycles. The third-order valence-electron chi connectivity index (χ3n) is 5.65. The van der Waals surface area contributed by atoms with E-state index in [1.165, 1.54) is 12.0 Å². The number of ether oxygens (including phenoxy) is 1. The van der Waals surface area contributed by atoms with E-state index < -0.39 is 11.6 Å². The molecular formula is C24H23F2N5O. The van der Waals surface area contributed by atoms with E-state index in [1.54, 1.807) is 12.1 Å². The third-order valence-corrected chi connectivity index (χ3v) is 5.65. The molecule has 2 heterocycles. The van der Waals surface area contributed by atoms with Crippen LogP contribution in [0.4, 0.5) is 26.0 Å². The minimum absolute atomic E-state index is 0.122. The monoisotopic (exact) mass is 435 g/mol. The molecule has 0 unspecified atom stereocenters. The normalized spacial score (nSPS) is 15.3. The molecule has 0 atom stereocenters. The Balaban J connectivity index is 1.31. The van der Waals surface area contributed by atoms with Gasteiger partial charge in [-0.25, -0.2) is 18.7 Å². The summed E-state index contributed by atoms with van der Waals surface area (Å²) >= 11 is 0. The second-order valence-electron chi connectivity index (χ2n) is 7.98. The van der Waals surface area contributed by atoms with Crippen molar-refractivity contribution in [2.45, 2.75) is 13.3 Å². The molecule has 1 aliphatic carbocycles. The van der Waals surface area contributed by atoms with Gasteiger partial charge in [0.15, 0.2) is 11.6 Å². The molecule has 164 valence electrons. The highest BCUT2D eigenvalue weighted by Gasteiger charge is 2.23. The minimum atomic E-state index is -0.588. The summed E-state index contributed by atoms with van der Waals surface area (Å²) in [5.74, 6) is -0.659. The smallest absolute Gasteiger partial charge is 0.224 e. The van der Waals surface area contributed by atoms with Gasteiger partial charge in [-0.15, -0.1) is 0 Å². The number of benzene rings is 2. The molecule has 2 N–H and O–H groups in total. The predicted molar refractivity (Wildman–Crippen MR) is 121 cm³/mol. The highest BCUT2D eigenvalue weighted by molar-refractivity contribution is 5.66. The van der Waals surface area contributed by atoms with Crippen molar-refractivity contribution in [2.75, 3.05) is 36.4 Å². The quantitative estimate of drug-likeness (QED) is 0.608. The Bertz CT molecular complexity index is 1170. The van der Waals surface area contributed by atoms with Crippen molar-refractivity contribution in [2.24, 2.45) is 0 Å². The van der Waals surface area contributed by atoms with Crippen LogP contribution in [0.5, 0.6) is 11.6 Å². The van der Waals surface area contributed by atoms with Gasteiger partial charge in [0.2, 0.25) is 5.88 Å². The van der Waals surface area contributed by atoms with E-state index in [9.17, 15) is 8.78 Å². The first-order valence-electron chi connectivity index (χ1n) is 10.6. The molecule has 1 saturated heterocycles. The molecule has 5 rings (SSSR count). The average Bonchev–Trinajstić information content (AvgIpc) is 3.21. The number of fused-ring (bicyclic) bond motifs is 1. The van der Waals surface area contributed by atoms with Crippen LogP contribution in [0.3, 0.4) is 0 Å². The second kappa shape index (κ2) is 8.55. The molecular weight excluding hydrogens is 412 g/mol. The Morgan fingerprint density at radius 1 is 1.06 bits per heavy atom. The van der Waals surface area contributed by atoms with Crippen molar-refractivity contribution in [3.8, 4) is 11.6 Å². The first-order valence-corrected chi connectivity index (χ1v) is 10.6. The summed E-state index contributed by atoms with van der Waals surface area (Å²) in [5, 5.41) is 6.54. The van der Waals surface area contributed by atoms with E-state index in [0.717, 1.165) is 43.5 Å². The molecule has 2 aromatic carbocycles. The molecule has 0 bridgehead atoms. The van der Waals surface area contributed by atoms with Gasteiger partial charge < -0.3 is 20.3 Å². The third kappa shape index (κ3) is 4.13. The molecule has 0 radical (unpaired) electrons. The van der Waals surface area contributed by atoms with Crippen molar-refractivity contribution < 1.29 is 13.5 Å². The molecule has 1 fully saturated rings. The number of anilines is 3. The van der Waals surface area contributed by atoms with Crippen LogP contribution < -0.4 is 20.3 Å². The zero-order valence-electron chi connectivity index (χ0n) is 17.7. The van der Waals surface area contributed by atoms with Crippen molar-refractivity contribution in [3.63, 3.8) is 0 Å². The van der Waals surface area contributed by atoms with Crippen LogP contribution in [-0.2, 0) is 6.42 Å². The number of nitrogens with one attached hydrogen (secondary N) is 2. The number of allylic oxidation sites excluding steroid dienone is 1. The van der Waals surface area contributed by atoms with Crippen LogP contribution in [-0.4, -0.2) is 36.1 Å². The van der Waals surface area contributed by atoms with Gasteiger partial charge in [-0.1, -0.05) is 11.6 Å². The summed E-state index contributed by atoms with van der Waals surface area (Å²) in [7, 11) is 0. The second-order valence-corrected chi connectivity index (χ2v) is 7.98. The number of aromatic nitrogens is 2. The Morgan fingerprint density at radius 3 is 2.62 bits per heavy atom. The summed E-state index contributed by atoms with van der Waals surface area (Å²) < 4.78 is 34.8. The molecule has 3 aromatic rings. The van der Waals surface area contributed by atoms with Gasteiger partial charge in [-0.3, -0.25) is 0 Å². The zero-order valence-corrected chi connectivity index (χ0v) is 17.7. The fourth-order valence-electron chi connectivity index (χ4n) is 4.04. The summed E-state index contributed by atoms with van der Waals surface area (Å²) in [4.78, 5) is 10.6. The summed E-state index contributed by atoms with van der Waals surface area (Å²) in [6, 6.07) is 10.7. The minimum Gasteiger partial charge on any atom is -0.436 e. The molecule has 1 aliphatic heterocycles. The largest absolute Gasteiger partial charge is 0.436 e. The van der Waals surface area contributed by atoms with E-state index in [4.69, 9.17) is 4.74 Å². The number of nitrogens with zero attached hydrogens (tertiary/aromatic N) is 3. The summed E-state index contributed by atoms with van der Waals surface area (Å²) in [6.07, 6.45) is 3.38. The molecule has 6 nitrogen and oxygen atoms in total. The van der Waals surface area contributed by atoms with Gasteiger partial charge in [0.25, 0.3) is 0 Å². The van der Waals surface area contributed by atoms with Crippen LogP contribution in [0.1, 0.15) is 18.1 Å². The molecule has 0 amide bonds. The Morgan fingerprint density at radius 2 is 1.84 bits per heavy atom. The standard InChI is InChI=1S/C24H23F2N5O/c1-15-10-18-19(11-15)24(26)21(12-20(18)25)32-23-13-22(28-14-29-23)30-16-2-4-17(5-3-16)31-8-6-27-7-9-31/h2-5,11-14,27H,6-10H2,1H3,(H,28,29,30). The SMILES string of the molecule is CC1=Cc2c(F)c(Oc3cc(Nc4ccc(N5CCNCC5)cc4)ncn3)cc(F)c2C1. The van der Waals surface area contributed by atoms with Gasteiger partial charge >= 0.3 is 0 Å². The van der Waals surface area contributed by atoms with Gasteiger partial charge in [0, 0.05) is 60.8 Å². The van der Waals surface area contributed by atoms with Crippen LogP contribution >= 0.6 is 0 Å². The van der Waals surface area contributed by atoms with E-state index in [-0.39, 0.29) is 17.2 Å². The first-order chi connectivity index (χ1) is 15.6. The van der Waals surface area contributed by atoms with E-state index in [1.807, 2.05) is 19.1 Å². The lowest BCUT2D eigenvalue weighted by molar-refractivity contribution is 0.420. The molecule has 2 aliphatic rings.